The van der Waals surface area contributed by atoms with Gasteiger partial charge in [-0.3, -0.25) is 0 Å². The SMILES string of the molecule is O=C(O)Oc1c(F)c(F)c(F)c(F)c1F. The minimum Gasteiger partial charge on any atom is -0.449 e. The Morgan fingerprint density at radius 2 is 1.20 bits per heavy atom. The summed E-state index contributed by atoms with van der Waals surface area (Å²) in [6, 6.07) is 0. The quantitative estimate of drug-likeness (QED) is 0.264. The van der Waals surface area contributed by atoms with E-state index in [4.69, 9.17) is 5.11 Å². The first kappa shape index (κ1) is 11.2. The van der Waals surface area contributed by atoms with Gasteiger partial charge in [0.25, 0.3) is 0 Å². The van der Waals surface area contributed by atoms with E-state index in [0.717, 1.165) is 0 Å². The fraction of sp³-hybridized carbons (Fsp3) is 0. The van der Waals surface area contributed by atoms with Crippen molar-refractivity contribution in [1.29, 1.82) is 0 Å². The summed E-state index contributed by atoms with van der Waals surface area (Å²) in [4.78, 5) is 9.89. The van der Waals surface area contributed by atoms with Crippen LogP contribution in [0, 0.1) is 29.1 Å². The molecule has 0 fully saturated rings. The molecule has 0 spiro atoms. The Bertz CT molecular complexity index is 402. The first-order chi connectivity index (χ1) is 6.86. The summed E-state index contributed by atoms with van der Waals surface area (Å²) in [5.41, 5.74) is 0. The molecule has 0 aliphatic carbocycles. The van der Waals surface area contributed by atoms with Crippen LogP contribution in [0.2, 0.25) is 0 Å². The molecule has 0 aromatic heterocycles. The third kappa shape index (κ3) is 1.83. The number of hydrogen-bond acceptors (Lipinski definition) is 2. The Morgan fingerprint density at radius 1 is 0.867 bits per heavy atom. The summed E-state index contributed by atoms with van der Waals surface area (Å²) in [6.07, 6.45) is -2.20. The molecule has 0 unspecified atom stereocenters. The van der Waals surface area contributed by atoms with Gasteiger partial charge >= 0.3 is 6.16 Å². The number of halogens is 5. The smallest absolute Gasteiger partial charge is 0.449 e. The van der Waals surface area contributed by atoms with Crippen molar-refractivity contribution in [2.45, 2.75) is 0 Å². The predicted molar refractivity (Wildman–Crippen MR) is 34.9 cm³/mol. The van der Waals surface area contributed by atoms with E-state index in [1.54, 1.807) is 0 Å². The third-order valence-electron chi connectivity index (χ3n) is 1.36. The Morgan fingerprint density at radius 3 is 1.53 bits per heavy atom. The fourth-order valence-electron chi connectivity index (χ4n) is 0.762. The molecule has 8 heteroatoms. The Labute approximate surface area is 78.7 Å². The van der Waals surface area contributed by atoms with Crippen LogP contribution in [0.5, 0.6) is 5.75 Å². The zero-order valence-electron chi connectivity index (χ0n) is 6.65. The van der Waals surface area contributed by atoms with Crippen molar-refractivity contribution in [3.63, 3.8) is 0 Å². The average molecular weight is 228 g/mol. The van der Waals surface area contributed by atoms with E-state index >= 15 is 0 Å². The molecule has 1 aromatic rings. The number of ether oxygens (including phenoxy) is 1. The summed E-state index contributed by atoms with van der Waals surface area (Å²) < 4.78 is 66.0. The maximum atomic E-state index is 12.7. The van der Waals surface area contributed by atoms with Gasteiger partial charge in [0, 0.05) is 0 Å². The highest BCUT2D eigenvalue weighted by molar-refractivity contribution is 5.61. The molecule has 82 valence electrons. The predicted octanol–water partition coefficient (Wildman–Crippen LogP) is 2.44. The van der Waals surface area contributed by atoms with Crippen molar-refractivity contribution in [3.05, 3.63) is 29.1 Å². The van der Waals surface area contributed by atoms with Gasteiger partial charge in [0.2, 0.25) is 34.8 Å². The lowest BCUT2D eigenvalue weighted by Gasteiger charge is -2.05. The van der Waals surface area contributed by atoms with Crippen LogP contribution < -0.4 is 4.74 Å². The van der Waals surface area contributed by atoms with E-state index in [1.165, 1.54) is 0 Å². The Hall–Kier alpha value is -1.86. The van der Waals surface area contributed by atoms with Gasteiger partial charge in [-0.2, -0.15) is 8.78 Å². The van der Waals surface area contributed by atoms with Crippen molar-refractivity contribution in [1.82, 2.24) is 0 Å². The van der Waals surface area contributed by atoms with E-state index in [0.29, 0.717) is 0 Å². The standard InChI is InChI=1S/C7HF5O3/c8-1-2(9)4(11)6(15-7(13)14)5(12)3(1)10/h(H,13,14). The van der Waals surface area contributed by atoms with Crippen molar-refractivity contribution in [2.75, 3.05) is 0 Å². The van der Waals surface area contributed by atoms with E-state index in [2.05, 4.69) is 4.74 Å². The summed E-state index contributed by atoms with van der Waals surface area (Å²) >= 11 is 0. The molecule has 1 aromatic carbocycles. The van der Waals surface area contributed by atoms with Gasteiger partial charge in [-0.15, -0.1) is 0 Å². The number of carboxylic acid groups (broad SMARTS) is 1. The van der Waals surface area contributed by atoms with E-state index < -0.39 is 41.0 Å². The Balaban J connectivity index is 3.45. The second-order valence-electron chi connectivity index (χ2n) is 2.27. The molecule has 15 heavy (non-hydrogen) atoms. The van der Waals surface area contributed by atoms with Crippen LogP contribution in [0.15, 0.2) is 0 Å². The number of benzene rings is 1. The van der Waals surface area contributed by atoms with Crippen molar-refractivity contribution in [3.8, 4) is 5.75 Å². The molecule has 0 bridgehead atoms. The monoisotopic (exact) mass is 228 g/mol. The van der Waals surface area contributed by atoms with Crippen LogP contribution in [0.3, 0.4) is 0 Å². The lowest BCUT2D eigenvalue weighted by molar-refractivity contribution is 0.138. The summed E-state index contributed by atoms with van der Waals surface area (Å²) in [6.45, 7) is 0. The van der Waals surface area contributed by atoms with E-state index in [1.807, 2.05) is 0 Å². The topological polar surface area (TPSA) is 46.5 Å². The van der Waals surface area contributed by atoms with Gasteiger partial charge in [-0.25, -0.2) is 18.0 Å². The molecule has 0 aliphatic heterocycles. The first-order valence-electron chi connectivity index (χ1n) is 3.28. The molecule has 0 heterocycles. The molecule has 0 atom stereocenters. The zero-order chi connectivity index (χ0) is 11.7. The maximum absolute atomic E-state index is 12.7. The molecular formula is C7HF5O3. The lowest BCUT2D eigenvalue weighted by atomic mass is 10.3. The molecular weight excluding hydrogens is 227 g/mol. The van der Waals surface area contributed by atoms with Crippen LogP contribution >= 0.6 is 0 Å². The van der Waals surface area contributed by atoms with Crippen molar-refractivity contribution in [2.24, 2.45) is 0 Å². The second-order valence-corrected chi connectivity index (χ2v) is 2.27. The summed E-state index contributed by atoms with van der Waals surface area (Å²) in [7, 11) is 0. The third-order valence-corrected chi connectivity index (χ3v) is 1.36. The van der Waals surface area contributed by atoms with Crippen molar-refractivity contribution < 1.29 is 36.6 Å². The number of rotatable bonds is 1. The van der Waals surface area contributed by atoms with Gasteiger partial charge in [0.05, 0.1) is 0 Å². The van der Waals surface area contributed by atoms with Crippen LogP contribution in [0.1, 0.15) is 0 Å². The average Bonchev–Trinajstić information content (AvgIpc) is 2.18. The van der Waals surface area contributed by atoms with Crippen LogP contribution in [0.25, 0.3) is 0 Å². The second kappa shape index (κ2) is 3.71. The molecule has 0 saturated carbocycles. The van der Waals surface area contributed by atoms with Gasteiger partial charge in [0.1, 0.15) is 0 Å². The lowest BCUT2D eigenvalue weighted by Crippen LogP contribution is -2.10. The largest absolute Gasteiger partial charge is 0.511 e. The van der Waals surface area contributed by atoms with Gasteiger partial charge in [-0.1, -0.05) is 0 Å². The molecule has 3 nitrogen and oxygen atoms in total. The number of carbonyl (C=O) groups is 1. The highest BCUT2D eigenvalue weighted by atomic mass is 19.2. The molecule has 0 radical (unpaired) electrons. The zero-order valence-corrected chi connectivity index (χ0v) is 6.65. The Kier molecular flexibility index (Phi) is 2.78. The van der Waals surface area contributed by atoms with Crippen LogP contribution in [-0.2, 0) is 0 Å². The molecule has 0 aliphatic rings. The normalized spacial score (nSPS) is 10.2. The summed E-state index contributed by atoms with van der Waals surface area (Å²) in [5, 5.41) is 7.97. The number of hydrogen-bond donors (Lipinski definition) is 1. The minimum atomic E-state index is -2.39. The van der Waals surface area contributed by atoms with Gasteiger partial charge < -0.3 is 9.84 Å². The molecule has 0 saturated heterocycles. The highest BCUT2D eigenvalue weighted by Gasteiger charge is 2.28. The van der Waals surface area contributed by atoms with Gasteiger partial charge in [0.15, 0.2) is 0 Å². The van der Waals surface area contributed by atoms with E-state index in [9.17, 15) is 26.7 Å². The van der Waals surface area contributed by atoms with Crippen LogP contribution in [0.4, 0.5) is 26.7 Å². The van der Waals surface area contributed by atoms with Crippen molar-refractivity contribution >= 4 is 6.16 Å². The van der Waals surface area contributed by atoms with Crippen LogP contribution in [-0.4, -0.2) is 11.3 Å². The maximum Gasteiger partial charge on any atom is 0.511 e. The summed E-state index contributed by atoms with van der Waals surface area (Å²) in [5.74, 6) is -13.5. The first-order valence-corrected chi connectivity index (χ1v) is 3.28. The molecule has 1 N–H and O–H groups in total. The minimum absolute atomic E-state index is 1.85. The fourth-order valence-corrected chi connectivity index (χ4v) is 0.762. The van der Waals surface area contributed by atoms with E-state index in [-0.39, 0.29) is 0 Å². The van der Waals surface area contributed by atoms with Gasteiger partial charge in [-0.05, 0) is 0 Å². The molecule has 1 rings (SSSR count). The molecule has 0 amide bonds. The highest BCUT2D eigenvalue weighted by Crippen LogP contribution is 2.28.